The zero-order valence-electron chi connectivity index (χ0n) is 14.0. The van der Waals surface area contributed by atoms with Gasteiger partial charge in [0.2, 0.25) is 5.91 Å². The van der Waals surface area contributed by atoms with Gasteiger partial charge >= 0.3 is 6.09 Å². The van der Waals surface area contributed by atoms with Crippen molar-refractivity contribution in [2.24, 2.45) is 0 Å². The van der Waals surface area contributed by atoms with Crippen molar-refractivity contribution >= 4 is 17.7 Å². The lowest BCUT2D eigenvalue weighted by Crippen LogP contribution is -2.47. The largest absolute Gasteiger partial charge is 0.444 e. The van der Waals surface area contributed by atoms with Crippen molar-refractivity contribution < 1.29 is 14.3 Å². The molecule has 1 aliphatic rings. The van der Waals surface area contributed by atoms with Crippen LogP contribution in [0.25, 0.3) is 0 Å². The third-order valence-electron chi connectivity index (χ3n) is 3.60. The minimum atomic E-state index is -0.567. The van der Waals surface area contributed by atoms with Crippen molar-refractivity contribution in [3.8, 4) is 0 Å². The van der Waals surface area contributed by atoms with Gasteiger partial charge in [-0.15, -0.1) is 0 Å². The van der Waals surface area contributed by atoms with Crippen LogP contribution in [0.5, 0.6) is 0 Å². The van der Waals surface area contributed by atoms with E-state index in [9.17, 15) is 9.59 Å². The first kappa shape index (κ1) is 17.1. The molecule has 2 amide bonds. The molecule has 6 nitrogen and oxygen atoms in total. The molecule has 2 rings (SSSR count). The van der Waals surface area contributed by atoms with Crippen LogP contribution in [0.1, 0.15) is 39.2 Å². The van der Waals surface area contributed by atoms with Crippen molar-refractivity contribution in [2.45, 2.75) is 51.8 Å². The molecule has 1 aromatic rings. The smallest absolute Gasteiger partial charge is 0.410 e. The summed E-state index contributed by atoms with van der Waals surface area (Å²) in [5.74, 6) is -0.157. The predicted octanol–water partition coefficient (Wildman–Crippen LogP) is 2.28. The van der Waals surface area contributed by atoms with E-state index in [4.69, 9.17) is 10.5 Å². The SMILES string of the molecule is CC(C)(C)OC(=O)N1CCCC1C(=O)NCc1cccc(N)c1. The van der Waals surface area contributed by atoms with E-state index in [1.54, 1.807) is 6.07 Å². The summed E-state index contributed by atoms with van der Waals surface area (Å²) in [7, 11) is 0. The highest BCUT2D eigenvalue weighted by atomic mass is 16.6. The Labute approximate surface area is 137 Å². The van der Waals surface area contributed by atoms with Gasteiger partial charge in [0.25, 0.3) is 0 Å². The molecule has 126 valence electrons. The summed E-state index contributed by atoms with van der Waals surface area (Å²) < 4.78 is 5.37. The molecule has 0 aliphatic carbocycles. The molecule has 0 aromatic heterocycles. The number of ether oxygens (including phenoxy) is 1. The fourth-order valence-corrected chi connectivity index (χ4v) is 2.59. The summed E-state index contributed by atoms with van der Waals surface area (Å²) in [4.78, 5) is 26.1. The third-order valence-corrected chi connectivity index (χ3v) is 3.60. The van der Waals surface area contributed by atoms with Crippen LogP contribution in [-0.2, 0) is 16.1 Å². The Morgan fingerprint density at radius 1 is 1.39 bits per heavy atom. The molecule has 0 spiro atoms. The number of likely N-dealkylation sites (tertiary alicyclic amines) is 1. The zero-order chi connectivity index (χ0) is 17.0. The molecular formula is C17H25N3O3. The molecule has 23 heavy (non-hydrogen) atoms. The summed E-state index contributed by atoms with van der Waals surface area (Å²) in [6.45, 7) is 6.38. The summed E-state index contributed by atoms with van der Waals surface area (Å²) in [5, 5.41) is 2.87. The first-order valence-corrected chi connectivity index (χ1v) is 7.88. The molecule has 1 fully saturated rings. The molecule has 1 aliphatic heterocycles. The molecule has 1 heterocycles. The third kappa shape index (κ3) is 4.87. The highest BCUT2D eigenvalue weighted by Gasteiger charge is 2.36. The maximum absolute atomic E-state index is 12.4. The van der Waals surface area contributed by atoms with Crippen LogP contribution >= 0.6 is 0 Å². The van der Waals surface area contributed by atoms with Crippen molar-refractivity contribution in [1.82, 2.24) is 10.2 Å². The van der Waals surface area contributed by atoms with E-state index in [0.717, 1.165) is 12.0 Å². The quantitative estimate of drug-likeness (QED) is 0.837. The summed E-state index contributed by atoms with van der Waals surface area (Å²) >= 11 is 0. The second-order valence-corrected chi connectivity index (χ2v) is 6.79. The number of amides is 2. The van der Waals surface area contributed by atoms with E-state index in [1.807, 2.05) is 39.0 Å². The lowest BCUT2D eigenvalue weighted by atomic mass is 10.1. The number of nitrogens with zero attached hydrogens (tertiary/aromatic N) is 1. The Bertz CT molecular complexity index is 581. The molecule has 1 saturated heterocycles. The van der Waals surface area contributed by atoms with Crippen LogP contribution in [0.4, 0.5) is 10.5 Å². The minimum absolute atomic E-state index is 0.157. The Morgan fingerprint density at radius 2 is 2.13 bits per heavy atom. The maximum atomic E-state index is 12.4. The van der Waals surface area contributed by atoms with E-state index in [1.165, 1.54) is 4.90 Å². The topological polar surface area (TPSA) is 84.7 Å². The second kappa shape index (κ2) is 6.89. The van der Waals surface area contributed by atoms with E-state index in [0.29, 0.717) is 25.2 Å². The van der Waals surface area contributed by atoms with Crippen LogP contribution in [0.2, 0.25) is 0 Å². The Kier molecular flexibility index (Phi) is 5.13. The monoisotopic (exact) mass is 319 g/mol. The summed E-state index contributed by atoms with van der Waals surface area (Å²) in [6, 6.07) is 6.90. The first-order valence-electron chi connectivity index (χ1n) is 7.88. The second-order valence-electron chi connectivity index (χ2n) is 6.79. The van der Waals surface area contributed by atoms with Crippen LogP contribution in [0.15, 0.2) is 24.3 Å². The number of nitrogens with two attached hydrogens (primary N) is 1. The van der Waals surface area contributed by atoms with Gasteiger partial charge < -0.3 is 15.8 Å². The first-order chi connectivity index (χ1) is 10.8. The zero-order valence-corrected chi connectivity index (χ0v) is 14.0. The average Bonchev–Trinajstić information content (AvgIpc) is 2.92. The van der Waals surface area contributed by atoms with E-state index < -0.39 is 17.7 Å². The molecule has 0 bridgehead atoms. The van der Waals surface area contributed by atoms with Gasteiger partial charge in [-0.25, -0.2) is 4.79 Å². The van der Waals surface area contributed by atoms with Crippen molar-refractivity contribution in [3.05, 3.63) is 29.8 Å². The number of benzene rings is 1. The lowest BCUT2D eigenvalue weighted by molar-refractivity contribution is -0.125. The number of carbonyl (C=O) groups is 2. The molecule has 6 heteroatoms. The van der Waals surface area contributed by atoms with E-state index in [2.05, 4.69) is 5.32 Å². The Balaban J connectivity index is 1.94. The van der Waals surface area contributed by atoms with Gasteiger partial charge in [-0.1, -0.05) is 12.1 Å². The number of anilines is 1. The van der Waals surface area contributed by atoms with Gasteiger partial charge in [0.05, 0.1) is 0 Å². The highest BCUT2D eigenvalue weighted by molar-refractivity contribution is 5.86. The fraction of sp³-hybridized carbons (Fsp3) is 0.529. The van der Waals surface area contributed by atoms with Crippen molar-refractivity contribution in [1.29, 1.82) is 0 Å². The van der Waals surface area contributed by atoms with Crippen LogP contribution < -0.4 is 11.1 Å². The van der Waals surface area contributed by atoms with Crippen LogP contribution in [0, 0.1) is 0 Å². The highest BCUT2D eigenvalue weighted by Crippen LogP contribution is 2.21. The lowest BCUT2D eigenvalue weighted by Gasteiger charge is -2.28. The van der Waals surface area contributed by atoms with Crippen LogP contribution in [-0.4, -0.2) is 35.1 Å². The molecule has 3 N–H and O–H groups in total. The van der Waals surface area contributed by atoms with Crippen LogP contribution in [0.3, 0.4) is 0 Å². The number of nitrogens with one attached hydrogen (secondary N) is 1. The maximum Gasteiger partial charge on any atom is 0.410 e. The molecule has 1 unspecified atom stereocenters. The van der Waals surface area contributed by atoms with Gasteiger partial charge in [-0.05, 0) is 51.3 Å². The van der Waals surface area contributed by atoms with Gasteiger partial charge in [0, 0.05) is 18.8 Å². The average molecular weight is 319 g/mol. The normalized spacial score (nSPS) is 17.9. The predicted molar refractivity (Wildman–Crippen MR) is 88.7 cm³/mol. The molecule has 1 atom stereocenters. The number of rotatable bonds is 3. The van der Waals surface area contributed by atoms with Gasteiger partial charge in [-0.3, -0.25) is 9.69 Å². The molecule has 0 saturated carbocycles. The summed E-state index contributed by atoms with van der Waals surface area (Å²) in [5.41, 5.74) is 6.75. The van der Waals surface area contributed by atoms with E-state index in [-0.39, 0.29) is 5.91 Å². The molecular weight excluding hydrogens is 294 g/mol. The number of carbonyl (C=O) groups excluding carboxylic acids is 2. The van der Waals surface area contributed by atoms with E-state index >= 15 is 0 Å². The minimum Gasteiger partial charge on any atom is -0.444 e. The number of nitrogen functional groups attached to an aromatic ring is 1. The van der Waals surface area contributed by atoms with Gasteiger partial charge in [0.15, 0.2) is 0 Å². The van der Waals surface area contributed by atoms with Crippen molar-refractivity contribution in [3.63, 3.8) is 0 Å². The Hall–Kier alpha value is -2.24. The Morgan fingerprint density at radius 3 is 2.78 bits per heavy atom. The standard InChI is InChI=1S/C17H25N3O3/c1-17(2,3)23-16(22)20-9-5-8-14(20)15(21)19-11-12-6-4-7-13(18)10-12/h4,6-7,10,14H,5,8-9,11,18H2,1-3H3,(H,19,21). The fourth-order valence-electron chi connectivity index (χ4n) is 2.59. The molecule has 1 aromatic carbocycles. The summed E-state index contributed by atoms with van der Waals surface area (Å²) in [6.07, 6.45) is 1.02. The number of hydrogen-bond acceptors (Lipinski definition) is 4. The van der Waals surface area contributed by atoms with Gasteiger partial charge in [-0.2, -0.15) is 0 Å². The van der Waals surface area contributed by atoms with Gasteiger partial charge in [0.1, 0.15) is 11.6 Å². The van der Waals surface area contributed by atoms with Crippen molar-refractivity contribution in [2.75, 3.05) is 12.3 Å². The number of hydrogen-bond donors (Lipinski definition) is 2. The molecule has 0 radical (unpaired) electrons.